The van der Waals surface area contributed by atoms with E-state index in [2.05, 4.69) is 10.3 Å². The van der Waals surface area contributed by atoms with E-state index in [-0.39, 0.29) is 5.69 Å². The summed E-state index contributed by atoms with van der Waals surface area (Å²) in [5.41, 5.74) is 7.61. The number of anilines is 1. The average molecular weight is 366 g/mol. The summed E-state index contributed by atoms with van der Waals surface area (Å²) in [6.45, 7) is 3.36. The van der Waals surface area contributed by atoms with Crippen LogP contribution in [0.1, 0.15) is 33.5 Å². The van der Waals surface area contributed by atoms with Gasteiger partial charge in [0.05, 0.1) is 0 Å². The van der Waals surface area contributed by atoms with Crippen molar-refractivity contribution in [3.05, 3.63) is 65.6 Å². The maximum Gasteiger partial charge on any atom is 0.359 e. The third-order valence-corrected chi connectivity index (χ3v) is 4.00. The van der Waals surface area contributed by atoms with E-state index in [0.29, 0.717) is 16.9 Å². The number of benzene rings is 1. The van der Waals surface area contributed by atoms with E-state index in [0.717, 1.165) is 5.69 Å². The number of hydrogen-bond acceptors (Lipinski definition) is 5. The molecular formula is C19H18N4O4. The largest absolute Gasteiger partial charge is 0.448 e. The van der Waals surface area contributed by atoms with Gasteiger partial charge < -0.3 is 20.2 Å². The molecule has 0 fully saturated rings. The second kappa shape index (κ2) is 7.28. The van der Waals surface area contributed by atoms with Crippen LogP contribution >= 0.6 is 0 Å². The Hall–Kier alpha value is -3.68. The van der Waals surface area contributed by atoms with E-state index in [9.17, 15) is 14.4 Å². The molecule has 1 unspecified atom stereocenters. The topological polar surface area (TPSA) is 116 Å². The van der Waals surface area contributed by atoms with Crippen LogP contribution in [0.15, 0.2) is 48.7 Å². The van der Waals surface area contributed by atoms with Gasteiger partial charge in [-0.2, -0.15) is 0 Å². The maximum atomic E-state index is 12.3. The Bertz CT molecular complexity index is 1020. The fraction of sp³-hybridized carbons (Fsp3) is 0.158. The summed E-state index contributed by atoms with van der Waals surface area (Å²) < 4.78 is 6.97. The number of pyridine rings is 1. The zero-order chi connectivity index (χ0) is 19.6. The highest BCUT2D eigenvalue weighted by molar-refractivity contribution is 5.98. The van der Waals surface area contributed by atoms with E-state index in [4.69, 9.17) is 10.5 Å². The lowest BCUT2D eigenvalue weighted by molar-refractivity contribution is -0.123. The standard InChI is InChI=1S/C19H18N4O4/c1-11-4-3-5-16-22-15(10-23(11)16)19(26)27-12(2)18(25)21-14-8-6-13(7-9-14)17(20)24/h3-10,12H,1-2H3,(H2,20,24)(H,21,25). The molecule has 0 aliphatic rings. The molecule has 3 aromatic rings. The molecule has 0 aliphatic heterocycles. The lowest BCUT2D eigenvalue weighted by Gasteiger charge is -2.12. The van der Waals surface area contributed by atoms with Gasteiger partial charge in [0.2, 0.25) is 5.91 Å². The minimum atomic E-state index is -1.03. The second-order valence-electron chi connectivity index (χ2n) is 6.00. The molecule has 2 heterocycles. The number of nitrogens with zero attached hydrogens (tertiary/aromatic N) is 2. The fourth-order valence-corrected chi connectivity index (χ4v) is 2.48. The van der Waals surface area contributed by atoms with E-state index in [1.165, 1.54) is 31.2 Å². The quantitative estimate of drug-likeness (QED) is 0.669. The van der Waals surface area contributed by atoms with Crippen molar-refractivity contribution >= 4 is 29.1 Å². The van der Waals surface area contributed by atoms with Crippen molar-refractivity contribution in [1.29, 1.82) is 0 Å². The van der Waals surface area contributed by atoms with E-state index < -0.39 is 23.9 Å². The molecule has 1 atom stereocenters. The van der Waals surface area contributed by atoms with Crippen LogP contribution in [0.3, 0.4) is 0 Å². The number of aryl methyl sites for hydroxylation is 1. The highest BCUT2D eigenvalue weighted by Gasteiger charge is 2.21. The van der Waals surface area contributed by atoms with Gasteiger partial charge in [0, 0.05) is 23.1 Å². The summed E-state index contributed by atoms with van der Waals surface area (Å²) in [5, 5.41) is 2.61. The van der Waals surface area contributed by atoms with E-state index in [1.807, 2.05) is 19.1 Å². The maximum absolute atomic E-state index is 12.3. The highest BCUT2D eigenvalue weighted by atomic mass is 16.5. The number of ether oxygens (including phenoxy) is 1. The van der Waals surface area contributed by atoms with Gasteiger partial charge in [0.15, 0.2) is 11.8 Å². The van der Waals surface area contributed by atoms with Gasteiger partial charge in [-0.05, 0) is 50.2 Å². The fourth-order valence-electron chi connectivity index (χ4n) is 2.48. The van der Waals surface area contributed by atoms with Gasteiger partial charge in [0.1, 0.15) is 5.65 Å². The Morgan fingerprint density at radius 3 is 2.48 bits per heavy atom. The van der Waals surface area contributed by atoms with E-state index >= 15 is 0 Å². The minimum absolute atomic E-state index is 0.120. The molecular weight excluding hydrogens is 348 g/mol. The van der Waals surface area contributed by atoms with Gasteiger partial charge in [-0.25, -0.2) is 9.78 Å². The van der Waals surface area contributed by atoms with Crippen LogP contribution in [-0.4, -0.2) is 33.3 Å². The number of nitrogens with two attached hydrogens (primary N) is 1. The monoisotopic (exact) mass is 366 g/mol. The summed E-state index contributed by atoms with van der Waals surface area (Å²) >= 11 is 0. The Labute approximate surface area is 155 Å². The first-order chi connectivity index (χ1) is 12.8. The van der Waals surface area contributed by atoms with Crippen LogP contribution in [0.5, 0.6) is 0 Å². The Balaban J connectivity index is 1.65. The molecule has 3 N–H and O–H groups in total. The predicted molar refractivity (Wildman–Crippen MR) is 98.4 cm³/mol. The summed E-state index contributed by atoms with van der Waals surface area (Å²) in [7, 11) is 0. The lowest BCUT2D eigenvalue weighted by atomic mass is 10.2. The highest BCUT2D eigenvalue weighted by Crippen LogP contribution is 2.12. The number of carbonyl (C=O) groups is 3. The van der Waals surface area contributed by atoms with Crippen LogP contribution in [0.25, 0.3) is 5.65 Å². The number of hydrogen-bond donors (Lipinski definition) is 2. The normalized spacial score (nSPS) is 11.8. The van der Waals surface area contributed by atoms with Crippen molar-refractivity contribution in [3.63, 3.8) is 0 Å². The number of carbonyl (C=O) groups excluding carboxylic acids is 3. The van der Waals surface area contributed by atoms with Crippen molar-refractivity contribution in [3.8, 4) is 0 Å². The molecule has 2 aromatic heterocycles. The molecule has 0 aliphatic carbocycles. The van der Waals surface area contributed by atoms with E-state index in [1.54, 1.807) is 16.7 Å². The number of fused-ring (bicyclic) bond motifs is 1. The molecule has 8 heteroatoms. The first-order valence-corrected chi connectivity index (χ1v) is 8.21. The van der Waals surface area contributed by atoms with Crippen molar-refractivity contribution in [1.82, 2.24) is 9.38 Å². The summed E-state index contributed by atoms with van der Waals surface area (Å²) in [4.78, 5) is 39.8. The molecule has 3 rings (SSSR count). The second-order valence-corrected chi connectivity index (χ2v) is 6.00. The van der Waals surface area contributed by atoms with Crippen LogP contribution in [0.4, 0.5) is 5.69 Å². The molecule has 0 spiro atoms. The summed E-state index contributed by atoms with van der Waals surface area (Å²) in [6.07, 6.45) is 0.541. The zero-order valence-electron chi connectivity index (χ0n) is 14.8. The molecule has 138 valence electrons. The SMILES string of the molecule is Cc1cccc2nc(C(=O)OC(C)C(=O)Nc3ccc(C(N)=O)cc3)cn12. The number of rotatable bonds is 5. The third-order valence-electron chi connectivity index (χ3n) is 4.00. The van der Waals surface area contributed by atoms with Gasteiger partial charge >= 0.3 is 5.97 Å². The number of nitrogens with one attached hydrogen (secondary N) is 1. The zero-order valence-corrected chi connectivity index (χ0v) is 14.8. The van der Waals surface area contributed by atoms with Crippen molar-refractivity contribution in [2.24, 2.45) is 5.73 Å². The summed E-state index contributed by atoms with van der Waals surface area (Å²) in [5.74, 6) is -1.75. The molecule has 27 heavy (non-hydrogen) atoms. The lowest BCUT2D eigenvalue weighted by Crippen LogP contribution is -2.30. The molecule has 0 saturated carbocycles. The third kappa shape index (κ3) is 3.95. The molecule has 0 radical (unpaired) electrons. The van der Waals surface area contributed by atoms with Gasteiger partial charge in [0.25, 0.3) is 5.91 Å². The van der Waals surface area contributed by atoms with Crippen LogP contribution in [0, 0.1) is 6.92 Å². The van der Waals surface area contributed by atoms with Crippen molar-refractivity contribution in [2.75, 3.05) is 5.32 Å². The van der Waals surface area contributed by atoms with Crippen LogP contribution < -0.4 is 11.1 Å². The molecule has 0 saturated heterocycles. The molecule has 1 aromatic carbocycles. The molecule has 8 nitrogen and oxygen atoms in total. The average Bonchev–Trinajstić information content (AvgIpc) is 3.08. The predicted octanol–water partition coefficient (Wildman–Crippen LogP) is 1.93. The van der Waals surface area contributed by atoms with Crippen molar-refractivity contribution < 1.29 is 19.1 Å². The number of aromatic nitrogens is 2. The number of esters is 1. The Morgan fingerprint density at radius 1 is 1.15 bits per heavy atom. The molecule has 2 amide bonds. The van der Waals surface area contributed by atoms with Gasteiger partial charge in [-0.3, -0.25) is 9.59 Å². The number of amides is 2. The smallest absolute Gasteiger partial charge is 0.359 e. The van der Waals surface area contributed by atoms with Crippen LogP contribution in [0.2, 0.25) is 0 Å². The molecule has 0 bridgehead atoms. The van der Waals surface area contributed by atoms with Crippen LogP contribution in [-0.2, 0) is 9.53 Å². The van der Waals surface area contributed by atoms with Gasteiger partial charge in [-0.1, -0.05) is 6.07 Å². The Kier molecular flexibility index (Phi) is 4.89. The first kappa shape index (κ1) is 18.1. The van der Waals surface area contributed by atoms with Gasteiger partial charge in [-0.15, -0.1) is 0 Å². The first-order valence-electron chi connectivity index (χ1n) is 8.21. The Morgan fingerprint density at radius 2 is 1.85 bits per heavy atom. The summed E-state index contributed by atoms with van der Waals surface area (Å²) in [6, 6.07) is 11.6. The number of imidazole rings is 1. The number of primary amides is 1. The van der Waals surface area contributed by atoms with Crippen molar-refractivity contribution in [2.45, 2.75) is 20.0 Å². The minimum Gasteiger partial charge on any atom is -0.448 e.